The van der Waals surface area contributed by atoms with Gasteiger partial charge in [-0.25, -0.2) is 4.39 Å². The molecule has 0 amide bonds. The van der Waals surface area contributed by atoms with E-state index in [0.717, 1.165) is 15.6 Å². The van der Waals surface area contributed by atoms with E-state index in [-0.39, 0.29) is 18.0 Å². The van der Waals surface area contributed by atoms with Crippen LogP contribution >= 0.6 is 27.5 Å². The highest BCUT2D eigenvalue weighted by Gasteiger charge is 2.11. The third-order valence-corrected chi connectivity index (χ3v) is 3.52. The first-order chi connectivity index (χ1) is 8.95. The second-order valence-electron chi connectivity index (χ2n) is 4.33. The molecule has 0 heterocycles. The Hall–Kier alpha value is -1.19. The summed E-state index contributed by atoms with van der Waals surface area (Å²) in [5, 5.41) is 0.508. The van der Waals surface area contributed by atoms with Crippen molar-refractivity contribution in [3.05, 3.63) is 68.4 Å². The van der Waals surface area contributed by atoms with Gasteiger partial charge in [-0.15, -0.1) is 0 Å². The van der Waals surface area contributed by atoms with Gasteiger partial charge >= 0.3 is 0 Å². The Balaban J connectivity index is 2.25. The van der Waals surface area contributed by atoms with Gasteiger partial charge in [-0.3, -0.25) is 4.79 Å². The fourth-order valence-electron chi connectivity index (χ4n) is 1.85. The summed E-state index contributed by atoms with van der Waals surface area (Å²) in [7, 11) is 0. The van der Waals surface area contributed by atoms with Crippen LogP contribution < -0.4 is 0 Å². The normalized spacial score (nSPS) is 10.5. The van der Waals surface area contributed by atoms with Crippen LogP contribution in [0.15, 0.2) is 40.9 Å². The number of rotatable bonds is 3. The average Bonchev–Trinajstić information content (AvgIpc) is 2.31. The van der Waals surface area contributed by atoms with Crippen LogP contribution in [0.2, 0.25) is 5.02 Å². The van der Waals surface area contributed by atoms with Crippen molar-refractivity contribution in [2.24, 2.45) is 0 Å². The molecule has 0 radical (unpaired) electrons. The zero-order valence-corrected chi connectivity index (χ0v) is 12.6. The second kappa shape index (κ2) is 5.85. The van der Waals surface area contributed by atoms with Crippen LogP contribution in [-0.2, 0) is 6.42 Å². The molecule has 0 saturated heterocycles. The summed E-state index contributed by atoms with van der Waals surface area (Å²) in [6.07, 6.45) is 0.235. The maximum atomic E-state index is 13.0. The predicted octanol–water partition coefficient (Wildman–Crippen LogP) is 4.98. The molecule has 0 aliphatic carbocycles. The van der Waals surface area contributed by atoms with Gasteiger partial charge in [-0.05, 0) is 48.4 Å². The molecule has 0 unspecified atom stereocenters. The summed E-state index contributed by atoms with van der Waals surface area (Å²) >= 11 is 9.22. The first-order valence-corrected chi connectivity index (χ1v) is 6.87. The molecule has 0 atom stereocenters. The molecule has 2 aromatic rings. The van der Waals surface area contributed by atoms with E-state index in [4.69, 9.17) is 11.6 Å². The van der Waals surface area contributed by atoms with Gasteiger partial charge < -0.3 is 0 Å². The number of hydrogen-bond acceptors (Lipinski definition) is 1. The average molecular weight is 342 g/mol. The smallest absolute Gasteiger partial charge is 0.167 e. The molecule has 0 bridgehead atoms. The maximum absolute atomic E-state index is 13.0. The van der Waals surface area contributed by atoms with Gasteiger partial charge in [0.15, 0.2) is 5.78 Å². The number of aryl methyl sites for hydroxylation is 1. The van der Waals surface area contributed by atoms with Gasteiger partial charge in [-0.1, -0.05) is 33.6 Å². The van der Waals surface area contributed by atoms with Crippen LogP contribution in [0.1, 0.15) is 21.5 Å². The minimum Gasteiger partial charge on any atom is -0.294 e. The third-order valence-electron chi connectivity index (χ3n) is 2.84. The second-order valence-corrected chi connectivity index (χ2v) is 5.68. The van der Waals surface area contributed by atoms with Crippen LogP contribution in [0.4, 0.5) is 4.39 Å². The van der Waals surface area contributed by atoms with Crippen LogP contribution in [0.5, 0.6) is 0 Å². The van der Waals surface area contributed by atoms with Crippen molar-refractivity contribution in [2.45, 2.75) is 13.3 Å². The molecule has 2 rings (SSSR count). The van der Waals surface area contributed by atoms with Crippen LogP contribution in [0.25, 0.3) is 0 Å². The zero-order chi connectivity index (χ0) is 14.0. The molecule has 1 nitrogen and oxygen atoms in total. The Labute approximate surface area is 124 Å². The van der Waals surface area contributed by atoms with Crippen molar-refractivity contribution >= 4 is 33.3 Å². The van der Waals surface area contributed by atoms with Gasteiger partial charge in [0.05, 0.1) is 0 Å². The highest BCUT2D eigenvalue weighted by Crippen LogP contribution is 2.21. The maximum Gasteiger partial charge on any atom is 0.167 e. The van der Waals surface area contributed by atoms with Gasteiger partial charge in [0, 0.05) is 21.5 Å². The lowest BCUT2D eigenvalue weighted by atomic mass is 9.99. The van der Waals surface area contributed by atoms with E-state index in [1.165, 1.54) is 12.1 Å². The summed E-state index contributed by atoms with van der Waals surface area (Å²) in [5.74, 6) is -0.336. The molecule has 0 N–H and O–H groups in total. The standard InChI is InChI=1S/C15H11BrClFO/c1-9-4-14(18)3-2-10(9)7-15(19)11-5-12(16)8-13(17)6-11/h2-6,8H,7H2,1H3. The summed E-state index contributed by atoms with van der Waals surface area (Å²) in [5.41, 5.74) is 2.14. The van der Waals surface area contributed by atoms with Crippen LogP contribution in [-0.4, -0.2) is 5.78 Å². The molecule has 0 aliphatic heterocycles. The van der Waals surface area contributed by atoms with Crippen molar-refractivity contribution < 1.29 is 9.18 Å². The molecular weight excluding hydrogens is 331 g/mol. The molecular formula is C15H11BrClFO. The van der Waals surface area contributed by atoms with E-state index in [0.29, 0.717) is 10.6 Å². The zero-order valence-electron chi connectivity index (χ0n) is 10.2. The Bertz CT molecular complexity index is 620. The molecule has 0 spiro atoms. The van der Waals surface area contributed by atoms with Gasteiger partial charge in [0.1, 0.15) is 5.82 Å². The molecule has 0 aromatic heterocycles. The SMILES string of the molecule is Cc1cc(F)ccc1CC(=O)c1cc(Cl)cc(Br)c1. The number of carbonyl (C=O) groups is 1. The number of carbonyl (C=O) groups excluding carboxylic acids is 1. The van der Waals surface area contributed by atoms with Crippen molar-refractivity contribution in [3.63, 3.8) is 0 Å². The minimum atomic E-state index is -0.292. The monoisotopic (exact) mass is 340 g/mol. The summed E-state index contributed by atoms with van der Waals surface area (Å²) in [4.78, 5) is 12.2. The molecule has 0 aliphatic rings. The largest absolute Gasteiger partial charge is 0.294 e. The first-order valence-electron chi connectivity index (χ1n) is 5.70. The topological polar surface area (TPSA) is 17.1 Å². The number of benzene rings is 2. The van der Waals surface area contributed by atoms with Gasteiger partial charge in [-0.2, -0.15) is 0 Å². The highest BCUT2D eigenvalue weighted by atomic mass is 79.9. The minimum absolute atomic E-state index is 0.0436. The molecule has 2 aromatic carbocycles. The molecule has 4 heteroatoms. The first kappa shape index (κ1) is 14.2. The Morgan fingerprint density at radius 2 is 2.00 bits per heavy atom. The summed E-state index contributed by atoms with van der Waals surface area (Å²) in [6, 6.07) is 9.52. The number of hydrogen-bond donors (Lipinski definition) is 0. The predicted molar refractivity (Wildman–Crippen MR) is 78.3 cm³/mol. The summed E-state index contributed by atoms with van der Waals surface area (Å²) in [6.45, 7) is 1.79. The Morgan fingerprint density at radius 1 is 1.26 bits per heavy atom. The molecule has 98 valence electrons. The molecule has 0 fully saturated rings. The van der Waals surface area contributed by atoms with Gasteiger partial charge in [0.25, 0.3) is 0 Å². The van der Waals surface area contributed by atoms with E-state index in [1.54, 1.807) is 31.2 Å². The third kappa shape index (κ3) is 3.64. The Kier molecular flexibility index (Phi) is 4.38. The lowest BCUT2D eigenvalue weighted by Gasteiger charge is -2.06. The quantitative estimate of drug-likeness (QED) is 0.720. The van der Waals surface area contributed by atoms with Crippen molar-refractivity contribution in [1.82, 2.24) is 0 Å². The van der Waals surface area contributed by atoms with Gasteiger partial charge in [0.2, 0.25) is 0 Å². The fourth-order valence-corrected chi connectivity index (χ4v) is 2.71. The van der Waals surface area contributed by atoms with E-state index in [1.807, 2.05) is 0 Å². The van der Waals surface area contributed by atoms with E-state index < -0.39 is 0 Å². The number of ketones is 1. The summed E-state index contributed by atoms with van der Waals surface area (Å²) < 4.78 is 13.8. The fraction of sp³-hybridized carbons (Fsp3) is 0.133. The van der Waals surface area contributed by atoms with Crippen molar-refractivity contribution in [3.8, 4) is 0 Å². The van der Waals surface area contributed by atoms with Crippen molar-refractivity contribution in [2.75, 3.05) is 0 Å². The van der Waals surface area contributed by atoms with Crippen LogP contribution in [0, 0.1) is 12.7 Å². The van der Waals surface area contributed by atoms with Crippen LogP contribution in [0.3, 0.4) is 0 Å². The molecule has 19 heavy (non-hydrogen) atoms. The lowest BCUT2D eigenvalue weighted by Crippen LogP contribution is -2.05. The van der Waals surface area contributed by atoms with E-state index in [2.05, 4.69) is 15.9 Å². The lowest BCUT2D eigenvalue weighted by molar-refractivity contribution is 0.0992. The Morgan fingerprint density at radius 3 is 2.63 bits per heavy atom. The number of halogens is 3. The van der Waals surface area contributed by atoms with E-state index in [9.17, 15) is 9.18 Å². The van der Waals surface area contributed by atoms with E-state index >= 15 is 0 Å². The molecule has 0 saturated carbocycles. The highest BCUT2D eigenvalue weighted by molar-refractivity contribution is 9.10. The number of Topliss-reactive ketones (excluding diaryl/α,β-unsaturated/α-hetero) is 1. The van der Waals surface area contributed by atoms with Crippen molar-refractivity contribution in [1.29, 1.82) is 0 Å².